The maximum Gasteiger partial charge on any atom is 0.344 e. The number of amides is 2. The minimum absolute atomic E-state index is 0.116. The van der Waals surface area contributed by atoms with E-state index in [4.69, 9.17) is 9.47 Å². The molecule has 0 atom stereocenters. The molecular weight excluding hydrogens is 492 g/mol. The average molecular weight is 517 g/mol. The third-order valence-corrected chi connectivity index (χ3v) is 4.88. The molecular formula is C27H24N4O7. The number of carbonyl (C=O) groups is 3. The van der Waals surface area contributed by atoms with Crippen molar-refractivity contribution in [2.75, 3.05) is 13.2 Å². The van der Waals surface area contributed by atoms with E-state index in [1.165, 1.54) is 36.6 Å². The molecule has 0 aliphatic carbocycles. The molecule has 11 heteroatoms. The van der Waals surface area contributed by atoms with Gasteiger partial charge in [-0.15, -0.1) is 0 Å². The summed E-state index contributed by atoms with van der Waals surface area (Å²) in [6.07, 6.45) is 2.69. The second-order valence-corrected chi connectivity index (χ2v) is 7.56. The van der Waals surface area contributed by atoms with Crippen LogP contribution in [0.25, 0.3) is 6.08 Å². The van der Waals surface area contributed by atoms with E-state index in [0.29, 0.717) is 22.4 Å². The number of para-hydroxylation sites is 1. The monoisotopic (exact) mass is 516 g/mol. The fraction of sp³-hybridized carbons (Fsp3) is 0.111. The molecule has 0 radical (unpaired) electrons. The zero-order chi connectivity index (χ0) is 27.3. The molecule has 3 rings (SSSR count). The van der Waals surface area contributed by atoms with Gasteiger partial charge in [0.1, 0.15) is 11.4 Å². The molecule has 0 aliphatic rings. The molecule has 2 N–H and O–H groups in total. The lowest BCUT2D eigenvalue weighted by molar-refractivity contribution is -0.384. The minimum atomic E-state index is -0.742. The number of carbonyl (C=O) groups excluding carboxylic acids is 3. The third kappa shape index (κ3) is 8.12. The van der Waals surface area contributed by atoms with Crippen LogP contribution < -0.4 is 15.5 Å². The lowest BCUT2D eigenvalue weighted by Gasteiger charge is -2.10. The standard InChI is InChI=1S/C27H24N4O7/c1-2-37-25(32)18-38-24-11-7-6-10-21(24)17-28-30-27(34)23(29-26(33)20-8-4-3-5-9-20)16-19-12-14-22(15-13-19)31(35)36/h3-17H,2,18H2,1H3,(H,29,33)(H,30,34)/b23-16-,28-17?. The van der Waals surface area contributed by atoms with Crippen LogP contribution in [0, 0.1) is 10.1 Å². The van der Waals surface area contributed by atoms with Crippen LogP contribution in [0.3, 0.4) is 0 Å². The van der Waals surface area contributed by atoms with Crippen LogP contribution in [0.5, 0.6) is 5.75 Å². The number of nitro groups is 1. The number of nitrogens with one attached hydrogen (secondary N) is 2. The number of nitrogens with zero attached hydrogens (tertiary/aromatic N) is 2. The zero-order valence-corrected chi connectivity index (χ0v) is 20.3. The van der Waals surface area contributed by atoms with Gasteiger partial charge in [-0.3, -0.25) is 19.7 Å². The minimum Gasteiger partial charge on any atom is -0.481 e. The first-order valence-electron chi connectivity index (χ1n) is 11.4. The van der Waals surface area contributed by atoms with E-state index in [0.717, 1.165) is 0 Å². The maximum absolute atomic E-state index is 12.9. The first-order chi connectivity index (χ1) is 18.4. The van der Waals surface area contributed by atoms with Gasteiger partial charge in [0.25, 0.3) is 17.5 Å². The summed E-state index contributed by atoms with van der Waals surface area (Å²) in [5.41, 5.74) is 3.33. The van der Waals surface area contributed by atoms with Gasteiger partial charge in [-0.05, 0) is 55.0 Å². The molecule has 0 saturated heterocycles. The SMILES string of the molecule is CCOC(=O)COc1ccccc1C=NNC(=O)/C(=C/c1ccc([N+](=O)[O-])cc1)NC(=O)c1ccccc1. The number of ether oxygens (including phenoxy) is 2. The van der Waals surface area contributed by atoms with Crippen molar-refractivity contribution in [2.45, 2.75) is 6.92 Å². The Morgan fingerprint density at radius 3 is 2.34 bits per heavy atom. The highest BCUT2D eigenvalue weighted by atomic mass is 16.6. The van der Waals surface area contributed by atoms with Crippen molar-refractivity contribution >= 4 is 35.8 Å². The average Bonchev–Trinajstić information content (AvgIpc) is 2.93. The normalized spacial score (nSPS) is 11.0. The number of esters is 1. The van der Waals surface area contributed by atoms with Crippen LogP contribution in [0.4, 0.5) is 5.69 Å². The Balaban J connectivity index is 1.78. The van der Waals surface area contributed by atoms with Gasteiger partial charge in [0.05, 0.1) is 17.7 Å². The Bertz CT molecular complexity index is 1350. The van der Waals surface area contributed by atoms with Crippen LogP contribution in [-0.4, -0.2) is 42.1 Å². The Hall–Kier alpha value is -5.32. The Labute approximate surface area is 217 Å². The van der Waals surface area contributed by atoms with E-state index in [-0.39, 0.29) is 24.6 Å². The highest BCUT2D eigenvalue weighted by Crippen LogP contribution is 2.16. The predicted octanol–water partition coefficient (Wildman–Crippen LogP) is 3.46. The van der Waals surface area contributed by atoms with Crippen molar-refractivity contribution in [1.29, 1.82) is 0 Å². The second kappa shape index (κ2) is 13.7. The van der Waals surface area contributed by atoms with Gasteiger partial charge < -0.3 is 14.8 Å². The molecule has 0 fully saturated rings. The van der Waals surface area contributed by atoms with Crippen molar-refractivity contribution in [2.24, 2.45) is 5.10 Å². The number of rotatable bonds is 11. The van der Waals surface area contributed by atoms with Crippen LogP contribution in [0.15, 0.2) is 89.7 Å². The van der Waals surface area contributed by atoms with Crippen LogP contribution in [0.2, 0.25) is 0 Å². The van der Waals surface area contributed by atoms with Crippen molar-refractivity contribution in [1.82, 2.24) is 10.7 Å². The number of benzene rings is 3. The molecule has 2 amide bonds. The quantitative estimate of drug-likeness (QED) is 0.130. The highest BCUT2D eigenvalue weighted by molar-refractivity contribution is 6.05. The van der Waals surface area contributed by atoms with Crippen LogP contribution >= 0.6 is 0 Å². The Morgan fingerprint density at radius 1 is 0.974 bits per heavy atom. The Morgan fingerprint density at radius 2 is 1.66 bits per heavy atom. The first-order valence-corrected chi connectivity index (χ1v) is 11.4. The lowest BCUT2D eigenvalue weighted by Crippen LogP contribution is -2.32. The second-order valence-electron chi connectivity index (χ2n) is 7.56. The summed E-state index contributed by atoms with van der Waals surface area (Å²) in [5.74, 6) is -1.45. The molecule has 3 aromatic rings. The zero-order valence-electron chi connectivity index (χ0n) is 20.3. The summed E-state index contributed by atoms with van der Waals surface area (Å²) in [4.78, 5) is 47.6. The van der Waals surface area contributed by atoms with Crippen molar-refractivity contribution in [3.63, 3.8) is 0 Å². The smallest absolute Gasteiger partial charge is 0.344 e. The molecule has 38 heavy (non-hydrogen) atoms. The topological polar surface area (TPSA) is 149 Å². The summed E-state index contributed by atoms with van der Waals surface area (Å²) in [6, 6.07) is 20.5. The van der Waals surface area contributed by atoms with E-state index in [2.05, 4.69) is 15.8 Å². The van der Waals surface area contributed by atoms with Crippen molar-refractivity contribution in [3.8, 4) is 5.75 Å². The van der Waals surface area contributed by atoms with E-state index < -0.39 is 22.7 Å². The number of hydrazone groups is 1. The van der Waals surface area contributed by atoms with Gasteiger partial charge in [-0.2, -0.15) is 5.10 Å². The van der Waals surface area contributed by atoms with Gasteiger partial charge >= 0.3 is 5.97 Å². The largest absolute Gasteiger partial charge is 0.481 e. The molecule has 3 aromatic carbocycles. The lowest BCUT2D eigenvalue weighted by atomic mass is 10.1. The summed E-state index contributed by atoms with van der Waals surface area (Å²) < 4.78 is 10.3. The number of nitro benzene ring substituents is 1. The van der Waals surface area contributed by atoms with Crippen LogP contribution in [0.1, 0.15) is 28.4 Å². The fourth-order valence-electron chi connectivity index (χ4n) is 3.08. The Kier molecular flexibility index (Phi) is 9.82. The van der Waals surface area contributed by atoms with Crippen LogP contribution in [-0.2, 0) is 14.3 Å². The number of non-ortho nitro benzene ring substituents is 1. The summed E-state index contributed by atoms with van der Waals surface area (Å²) in [7, 11) is 0. The molecule has 0 heterocycles. The number of hydrogen-bond donors (Lipinski definition) is 2. The van der Waals surface area contributed by atoms with Gasteiger partial charge in [0, 0.05) is 23.3 Å². The molecule has 11 nitrogen and oxygen atoms in total. The molecule has 0 unspecified atom stereocenters. The van der Waals surface area contributed by atoms with Gasteiger partial charge in [-0.25, -0.2) is 10.2 Å². The molecule has 0 aliphatic heterocycles. The molecule has 0 bridgehead atoms. The highest BCUT2D eigenvalue weighted by Gasteiger charge is 2.15. The van der Waals surface area contributed by atoms with E-state index in [1.807, 2.05) is 0 Å². The van der Waals surface area contributed by atoms with E-state index in [9.17, 15) is 24.5 Å². The molecule has 0 saturated carbocycles. The van der Waals surface area contributed by atoms with Gasteiger partial charge in [-0.1, -0.05) is 30.3 Å². The summed E-state index contributed by atoms with van der Waals surface area (Å²) in [5, 5.41) is 17.4. The van der Waals surface area contributed by atoms with Crippen molar-refractivity contribution in [3.05, 3.63) is 111 Å². The third-order valence-electron chi connectivity index (χ3n) is 4.88. The van der Waals surface area contributed by atoms with E-state index in [1.54, 1.807) is 61.5 Å². The van der Waals surface area contributed by atoms with Crippen molar-refractivity contribution < 1.29 is 28.8 Å². The van der Waals surface area contributed by atoms with Gasteiger partial charge in [0.2, 0.25) is 0 Å². The predicted molar refractivity (Wildman–Crippen MR) is 139 cm³/mol. The maximum atomic E-state index is 12.9. The first kappa shape index (κ1) is 27.3. The molecule has 0 spiro atoms. The summed E-state index contributed by atoms with van der Waals surface area (Å²) >= 11 is 0. The summed E-state index contributed by atoms with van der Waals surface area (Å²) in [6.45, 7) is 1.63. The number of hydrogen-bond acceptors (Lipinski definition) is 8. The van der Waals surface area contributed by atoms with E-state index >= 15 is 0 Å². The molecule has 0 aromatic heterocycles. The fourth-order valence-corrected chi connectivity index (χ4v) is 3.08. The molecule has 194 valence electrons. The van der Waals surface area contributed by atoms with Gasteiger partial charge in [0.15, 0.2) is 6.61 Å².